The molecular weight excluding hydrogens is 264 g/mol. The van der Waals surface area contributed by atoms with Crippen LogP contribution in [0.1, 0.15) is 57.6 Å². The van der Waals surface area contributed by atoms with Crippen molar-refractivity contribution in [3.8, 4) is 0 Å². The molecule has 0 spiro atoms. The SMILES string of the molecule is Cc1cnc(C2CCN(C(=O)NCC(C)C)C2)n1C(C)C. The van der Waals surface area contributed by atoms with Crippen molar-refractivity contribution in [3.63, 3.8) is 0 Å². The summed E-state index contributed by atoms with van der Waals surface area (Å²) in [6, 6.07) is 0.469. The molecule has 118 valence electrons. The van der Waals surface area contributed by atoms with Gasteiger partial charge in [-0.1, -0.05) is 13.8 Å². The van der Waals surface area contributed by atoms with Crippen LogP contribution in [0.5, 0.6) is 0 Å². The summed E-state index contributed by atoms with van der Waals surface area (Å²) in [5, 5.41) is 3.00. The fraction of sp³-hybridized carbons (Fsp3) is 0.750. The predicted molar refractivity (Wildman–Crippen MR) is 84.5 cm³/mol. The lowest BCUT2D eigenvalue weighted by Gasteiger charge is -2.20. The molecule has 1 aliphatic heterocycles. The highest BCUT2D eigenvalue weighted by Crippen LogP contribution is 2.28. The van der Waals surface area contributed by atoms with Gasteiger partial charge in [0.05, 0.1) is 0 Å². The molecule has 0 radical (unpaired) electrons. The number of hydrogen-bond acceptors (Lipinski definition) is 2. The third-order valence-electron chi connectivity index (χ3n) is 4.03. The van der Waals surface area contributed by atoms with Crippen LogP contribution in [0, 0.1) is 12.8 Å². The third kappa shape index (κ3) is 3.57. The molecule has 0 saturated carbocycles. The zero-order valence-corrected chi connectivity index (χ0v) is 13.9. The van der Waals surface area contributed by atoms with Gasteiger partial charge >= 0.3 is 6.03 Å². The Bertz CT molecular complexity index is 492. The van der Waals surface area contributed by atoms with Crippen molar-refractivity contribution in [2.45, 2.75) is 53.0 Å². The summed E-state index contributed by atoms with van der Waals surface area (Å²) < 4.78 is 2.29. The van der Waals surface area contributed by atoms with Crippen molar-refractivity contribution in [2.24, 2.45) is 5.92 Å². The number of aryl methyl sites for hydroxylation is 1. The van der Waals surface area contributed by atoms with E-state index in [2.05, 4.69) is 49.5 Å². The van der Waals surface area contributed by atoms with Gasteiger partial charge in [-0.3, -0.25) is 0 Å². The molecule has 2 heterocycles. The van der Waals surface area contributed by atoms with E-state index < -0.39 is 0 Å². The van der Waals surface area contributed by atoms with Crippen LogP contribution < -0.4 is 5.32 Å². The first-order chi connectivity index (χ1) is 9.90. The number of rotatable bonds is 4. The second-order valence-electron chi connectivity index (χ2n) is 6.73. The maximum atomic E-state index is 12.1. The molecular formula is C16H28N4O. The van der Waals surface area contributed by atoms with E-state index in [0.29, 0.717) is 17.9 Å². The van der Waals surface area contributed by atoms with Crippen molar-refractivity contribution >= 4 is 6.03 Å². The highest BCUT2D eigenvalue weighted by Gasteiger charge is 2.30. The Kier molecular flexibility index (Phi) is 4.91. The molecule has 1 unspecified atom stereocenters. The Balaban J connectivity index is 2.01. The van der Waals surface area contributed by atoms with Gasteiger partial charge in [-0.25, -0.2) is 9.78 Å². The lowest BCUT2D eigenvalue weighted by atomic mass is 10.1. The fourth-order valence-corrected chi connectivity index (χ4v) is 3.00. The first-order valence-corrected chi connectivity index (χ1v) is 7.96. The summed E-state index contributed by atoms with van der Waals surface area (Å²) in [5.41, 5.74) is 1.20. The second kappa shape index (κ2) is 6.50. The number of amides is 2. The number of carbonyl (C=O) groups excluding carboxylic acids is 1. The van der Waals surface area contributed by atoms with E-state index in [1.54, 1.807) is 0 Å². The molecule has 2 amide bonds. The van der Waals surface area contributed by atoms with Gasteiger partial charge in [-0.15, -0.1) is 0 Å². The number of imidazole rings is 1. The summed E-state index contributed by atoms with van der Waals surface area (Å²) in [7, 11) is 0. The highest BCUT2D eigenvalue weighted by atomic mass is 16.2. The van der Waals surface area contributed by atoms with Crippen LogP contribution in [0.2, 0.25) is 0 Å². The highest BCUT2D eigenvalue weighted by molar-refractivity contribution is 5.74. The van der Waals surface area contributed by atoms with E-state index in [1.807, 2.05) is 11.1 Å². The van der Waals surface area contributed by atoms with E-state index >= 15 is 0 Å². The fourth-order valence-electron chi connectivity index (χ4n) is 3.00. The Morgan fingerprint density at radius 3 is 2.76 bits per heavy atom. The number of aromatic nitrogens is 2. The summed E-state index contributed by atoms with van der Waals surface area (Å²) in [6.07, 6.45) is 2.94. The van der Waals surface area contributed by atoms with Crippen molar-refractivity contribution in [1.29, 1.82) is 0 Å². The monoisotopic (exact) mass is 292 g/mol. The average molecular weight is 292 g/mol. The van der Waals surface area contributed by atoms with E-state index in [0.717, 1.165) is 31.9 Å². The smallest absolute Gasteiger partial charge is 0.317 e. The molecule has 1 fully saturated rings. The number of nitrogens with zero attached hydrogens (tertiary/aromatic N) is 3. The van der Waals surface area contributed by atoms with Crippen LogP contribution in [0.15, 0.2) is 6.20 Å². The van der Waals surface area contributed by atoms with Gasteiger partial charge in [-0.05, 0) is 33.1 Å². The zero-order chi connectivity index (χ0) is 15.6. The molecule has 1 aromatic heterocycles. The maximum absolute atomic E-state index is 12.1. The Hall–Kier alpha value is -1.52. The molecule has 0 aliphatic carbocycles. The standard InChI is InChI=1S/C16H28N4O/c1-11(2)8-18-16(21)19-7-6-14(10-19)15-17-9-13(5)20(15)12(3)4/h9,11-12,14H,6-8,10H2,1-5H3,(H,18,21). The van der Waals surface area contributed by atoms with Crippen molar-refractivity contribution < 1.29 is 4.79 Å². The van der Waals surface area contributed by atoms with Gasteiger partial charge in [0.15, 0.2) is 0 Å². The van der Waals surface area contributed by atoms with Gasteiger partial charge in [0.1, 0.15) is 5.82 Å². The van der Waals surface area contributed by atoms with Gasteiger partial charge in [0.25, 0.3) is 0 Å². The van der Waals surface area contributed by atoms with E-state index in [1.165, 1.54) is 5.69 Å². The summed E-state index contributed by atoms with van der Waals surface area (Å²) >= 11 is 0. The molecule has 1 aromatic rings. The minimum Gasteiger partial charge on any atom is -0.338 e. The summed E-state index contributed by atoms with van der Waals surface area (Å²) in [4.78, 5) is 18.6. The molecule has 1 saturated heterocycles. The Morgan fingerprint density at radius 2 is 2.14 bits per heavy atom. The second-order valence-corrected chi connectivity index (χ2v) is 6.73. The Labute approximate surface area is 127 Å². The minimum absolute atomic E-state index is 0.0607. The topological polar surface area (TPSA) is 50.2 Å². The van der Waals surface area contributed by atoms with Crippen molar-refractivity contribution in [3.05, 3.63) is 17.7 Å². The van der Waals surface area contributed by atoms with Crippen LogP contribution in [0.4, 0.5) is 4.79 Å². The van der Waals surface area contributed by atoms with Crippen LogP contribution in [-0.4, -0.2) is 40.1 Å². The van der Waals surface area contributed by atoms with Gasteiger partial charge in [-0.2, -0.15) is 0 Å². The minimum atomic E-state index is 0.0607. The predicted octanol–water partition coefficient (Wildman–Crippen LogP) is 2.93. The number of urea groups is 1. The van der Waals surface area contributed by atoms with E-state index in [9.17, 15) is 4.79 Å². The van der Waals surface area contributed by atoms with Gasteiger partial charge in [0, 0.05) is 43.5 Å². The van der Waals surface area contributed by atoms with Crippen molar-refractivity contribution in [2.75, 3.05) is 19.6 Å². The number of likely N-dealkylation sites (tertiary alicyclic amines) is 1. The lowest BCUT2D eigenvalue weighted by Crippen LogP contribution is -2.40. The van der Waals surface area contributed by atoms with Crippen LogP contribution in [0.3, 0.4) is 0 Å². The van der Waals surface area contributed by atoms with E-state index in [4.69, 9.17) is 0 Å². The molecule has 1 aliphatic rings. The van der Waals surface area contributed by atoms with Crippen LogP contribution in [0.25, 0.3) is 0 Å². The van der Waals surface area contributed by atoms with Crippen molar-refractivity contribution in [1.82, 2.24) is 19.8 Å². The van der Waals surface area contributed by atoms with Crippen LogP contribution >= 0.6 is 0 Å². The molecule has 1 atom stereocenters. The summed E-state index contributed by atoms with van der Waals surface area (Å²) in [6.45, 7) is 13.0. The molecule has 0 bridgehead atoms. The zero-order valence-electron chi connectivity index (χ0n) is 13.9. The Morgan fingerprint density at radius 1 is 1.43 bits per heavy atom. The average Bonchev–Trinajstić information content (AvgIpc) is 3.01. The lowest BCUT2D eigenvalue weighted by molar-refractivity contribution is 0.206. The molecule has 0 aromatic carbocycles. The normalized spacial score (nSPS) is 18.8. The summed E-state index contributed by atoms with van der Waals surface area (Å²) in [5.74, 6) is 1.96. The molecule has 1 N–H and O–H groups in total. The quantitative estimate of drug-likeness (QED) is 0.927. The number of hydrogen-bond donors (Lipinski definition) is 1. The van der Waals surface area contributed by atoms with Crippen LogP contribution in [-0.2, 0) is 0 Å². The van der Waals surface area contributed by atoms with E-state index in [-0.39, 0.29) is 6.03 Å². The molecule has 21 heavy (non-hydrogen) atoms. The first kappa shape index (κ1) is 15.9. The van der Waals surface area contributed by atoms with Gasteiger partial charge < -0.3 is 14.8 Å². The maximum Gasteiger partial charge on any atom is 0.317 e. The largest absolute Gasteiger partial charge is 0.338 e. The molecule has 2 rings (SSSR count). The molecule has 5 heteroatoms. The number of nitrogens with one attached hydrogen (secondary N) is 1. The third-order valence-corrected chi connectivity index (χ3v) is 4.03. The van der Waals surface area contributed by atoms with Gasteiger partial charge in [0.2, 0.25) is 0 Å². The first-order valence-electron chi connectivity index (χ1n) is 7.96. The number of carbonyl (C=O) groups is 1. The molecule has 5 nitrogen and oxygen atoms in total.